The van der Waals surface area contributed by atoms with Crippen molar-refractivity contribution < 1.29 is 14.1 Å². The molecular formula is C12H24B3N3O4. The third kappa shape index (κ3) is 6.45. The van der Waals surface area contributed by atoms with Gasteiger partial charge in [0.25, 0.3) is 0 Å². The first kappa shape index (κ1) is 18.5. The molecular weight excluding hydrogens is 283 g/mol. The number of rotatable bonds is 10. The number of aromatic amines is 1. The molecule has 0 bridgehead atoms. The predicted molar refractivity (Wildman–Crippen MR) is 92.6 cm³/mol. The van der Waals surface area contributed by atoms with Crippen molar-refractivity contribution >= 4 is 35.5 Å². The molecule has 0 saturated heterocycles. The lowest BCUT2D eigenvalue weighted by molar-refractivity contribution is -0.142. The highest BCUT2D eigenvalue weighted by atomic mass is 16.5. The molecule has 0 atom stereocenters. The Morgan fingerprint density at radius 3 is 2.55 bits per heavy atom. The fourth-order valence-corrected chi connectivity index (χ4v) is 2.03. The van der Waals surface area contributed by atoms with Crippen LogP contribution in [-0.4, -0.2) is 58.0 Å². The maximum absolute atomic E-state index is 12.0. The maximum Gasteiger partial charge on any atom is 0.461 e. The molecule has 0 aromatic carbocycles. The number of nitrogens with one attached hydrogen (secondary N) is 1. The highest BCUT2D eigenvalue weighted by molar-refractivity contribution is 6.60. The summed E-state index contributed by atoms with van der Waals surface area (Å²) in [7, 11) is 5.74. The van der Waals surface area contributed by atoms with Crippen LogP contribution in [0.15, 0.2) is 9.32 Å². The van der Waals surface area contributed by atoms with Crippen molar-refractivity contribution in [2.24, 2.45) is 0 Å². The number of hydrogen-bond donors (Lipinski definition) is 1. The molecule has 1 aromatic rings. The molecule has 0 aliphatic heterocycles. The van der Waals surface area contributed by atoms with E-state index < -0.39 is 11.0 Å². The molecule has 0 unspecified atom stereocenters. The quantitative estimate of drug-likeness (QED) is 0.311. The van der Waals surface area contributed by atoms with Crippen LogP contribution in [0, 0.1) is 0 Å². The predicted octanol–water partition coefficient (Wildman–Crippen LogP) is -1.81. The van der Waals surface area contributed by atoms with Crippen LogP contribution < -0.4 is 10.7 Å². The van der Waals surface area contributed by atoms with Gasteiger partial charge in [-0.3, -0.25) is 4.79 Å². The first-order valence-corrected chi connectivity index (χ1v) is 7.83. The highest BCUT2D eigenvalue weighted by Crippen LogP contribution is 2.12. The van der Waals surface area contributed by atoms with E-state index in [4.69, 9.17) is 4.74 Å². The minimum absolute atomic E-state index is 0.0148. The van der Waals surface area contributed by atoms with E-state index in [2.05, 4.69) is 21.6 Å². The number of carbonyl (C=O) groups excluding carboxylic acids is 1. The summed E-state index contributed by atoms with van der Waals surface area (Å²) in [5.41, 5.74) is 0. The van der Waals surface area contributed by atoms with Crippen LogP contribution in [-0.2, 0) is 9.53 Å². The zero-order valence-electron chi connectivity index (χ0n) is 14.0. The van der Waals surface area contributed by atoms with E-state index in [0.717, 1.165) is 12.8 Å². The van der Waals surface area contributed by atoms with E-state index >= 15 is 0 Å². The van der Waals surface area contributed by atoms with Gasteiger partial charge in [-0.1, -0.05) is 32.6 Å². The van der Waals surface area contributed by atoms with Crippen LogP contribution in [0.25, 0.3) is 0 Å². The van der Waals surface area contributed by atoms with Crippen molar-refractivity contribution in [1.29, 1.82) is 0 Å². The third-order valence-corrected chi connectivity index (χ3v) is 3.29. The lowest BCUT2D eigenvalue weighted by Crippen LogP contribution is -2.54. The van der Waals surface area contributed by atoms with Gasteiger partial charge in [0.15, 0.2) is 0 Å². The molecule has 22 heavy (non-hydrogen) atoms. The van der Waals surface area contributed by atoms with Crippen LogP contribution in [0.2, 0.25) is 0 Å². The van der Waals surface area contributed by atoms with Crippen molar-refractivity contribution in [1.82, 2.24) is 10.1 Å². The Morgan fingerprint density at radius 2 is 2.00 bits per heavy atom. The molecule has 1 aromatic heterocycles. The minimum atomic E-state index is -0.714. The summed E-state index contributed by atoms with van der Waals surface area (Å²) >= 11 is 0. The summed E-state index contributed by atoms with van der Waals surface area (Å²) in [6.45, 7) is 2.60. The summed E-state index contributed by atoms with van der Waals surface area (Å²) < 4.78 is 9.82. The molecule has 0 fully saturated rings. The summed E-state index contributed by atoms with van der Waals surface area (Å²) in [6.07, 6.45) is 5.52. The summed E-state index contributed by atoms with van der Waals surface area (Å²) in [5, 5.41) is 2.02. The zero-order chi connectivity index (χ0) is 16.6. The number of aromatic nitrogens is 2. The molecule has 1 heterocycles. The lowest BCUT2D eigenvalue weighted by atomic mass is 9.48. The largest absolute Gasteiger partial charge is 0.464 e. The Morgan fingerprint density at radius 1 is 1.32 bits per heavy atom. The number of carbonyl (C=O) groups is 1. The van der Waals surface area contributed by atoms with Gasteiger partial charge in [0, 0.05) is 0 Å². The van der Waals surface area contributed by atoms with Gasteiger partial charge in [0.05, 0.1) is 6.61 Å². The van der Waals surface area contributed by atoms with Gasteiger partial charge in [-0.05, 0) is 11.7 Å². The summed E-state index contributed by atoms with van der Waals surface area (Å²) in [4.78, 5) is 28.4. The number of esters is 1. The van der Waals surface area contributed by atoms with E-state index in [1.807, 2.05) is 23.5 Å². The van der Waals surface area contributed by atoms with Crippen LogP contribution in [0.1, 0.15) is 39.0 Å². The lowest BCUT2D eigenvalue weighted by Gasteiger charge is -2.34. The normalized spacial score (nSPS) is 11.3. The Bertz CT molecular complexity index is 512. The van der Waals surface area contributed by atoms with Crippen LogP contribution >= 0.6 is 0 Å². The number of anilines is 1. The average molecular weight is 307 g/mol. The van der Waals surface area contributed by atoms with E-state index in [9.17, 15) is 9.59 Å². The number of unbranched alkanes of at least 4 members (excludes halogenated alkanes) is 4. The van der Waals surface area contributed by atoms with E-state index in [0.29, 0.717) is 6.61 Å². The minimum Gasteiger partial charge on any atom is -0.464 e. The first-order valence-electron chi connectivity index (χ1n) is 7.83. The van der Waals surface area contributed by atoms with Crippen molar-refractivity contribution in [3.05, 3.63) is 10.6 Å². The second kappa shape index (κ2) is 8.75. The SMILES string of the molecule is BC(B)(B)N(CC(=O)OCCCCCCC)c1nc(=O)o[nH]1. The Hall–Kier alpha value is -1.60. The molecule has 0 aliphatic rings. The van der Waals surface area contributed by atoms with Crippen molar-refractivity contribution in [3.63, 3.8) is 0 Å². The molecule has 0 radical (unpaired) electrons. The summed E-state index contributed by atoms with van der Waals surface area (Å²) in [5.74, 6) is -0.819. The molecule has 7 nitrogen and oxygen atoms in total. The number of ether oxygens (including phenoxy) is 1. The fraction of sp³-hybridized carbons (Fsp3) is 0.750. The number of H-pyrrole nitrogens is 1. The van der Waals surface area contributed by atoms with Crippen LogP contribution in [0.3, 0.4) is 0 Å². The van der Waals surface area contributed by atoms with Gasteiger partial charge in [-0.2, -0.15) is 5.16 Å². The molecule has 0 saturated carbocycles. The van der Waals surface area contributed by atoms with Crippen molar-refractivity contribution in [3.8, 4) is 0 Å². The molecule has 0 spiro atoms. The van der Waals surface area contributed by atoms with Gasteiger partial charge in [0.2, 0.25) is 5.95 Å². The monoisotopic (exact) mass is 307 g/mol. The smallest absolute Gasteiger partial charge is 0.461 e. The Kier molecular flexibility index (Phi) is 7.34. The van der Waals surface area contributed by atoms with Crippen LogP contribution in [0.5, 0.6) is 0 Å². The fourth-order valence-electron chi connectivity index (χ4n) is 2.03. The van der Waals surface area contributed by atoms with Gasteiger partial charge >= 0.3 is 11.7 Å². The average Bonchev–Trinajstić information content (AvgIpc) is 2.85. The Balaban J connectivity index is 2.46. The van der Waals surface area contributed by atoms with Crippen LogP contribution in [0.4, 0.5) is 5.95 Å². The van der Waals surface area contributed by atoms with Crippen molar-refractivity contribution in [2.45, 2.75) is 44.3 Å². The second-order valence-electron chi connectivity index (χ2n) is 6.30. The number of nitrogens with zero attached hydrogens (tertiary/aromatic N) is 2. The van der Waals surface area contributed by atoms with E-state index in [-0.39, 0.29) is 18.5 Å². The van der Waals surface area contributed by atoms with Gasteiger partial charge in [-0.25, -0.2) is 4.79 Å². The van der Waals surface area contributed by atoms with E-state index in [1.54, 1.807) is 4.90 Å². The number of hydrogen-bond acceptors (Lipinski definition) is 6. The third-order valence-electron chi connectivity index (χ3n) is 3.29. The standard InChI is InChI=1S/C12H24B3N3O4/c1-2-3-4-5-6-7-21-9(19)8-18(12(13,14)15)10-16-11(20)22-17-10/h2-8,13-15H2,1H3,(H,16,17,20). The molecule has 1 rings (SSSR count). The molecule has 120 valence electrons. The topological polar surface area (TPSA) is 88.4 Å². The molecule has 0 amide bonds. The molecule has 1 N–H and O–H groups in total. The first-order chi connectivity index (χ1) is 10.3. The molecule has 10 heteroatoms. The summed E-state index contributed by atoms with van der Waals surface area (Å²) in [6, 6.07) is 0. The highest BCUT2D eigenvalue weighted by Gasteiger charge is 2.27. The Labute approximate surface area is 133 Å². The van der Waals surface area contributed by atoms with Gasteiger partial charge in [0.1, 0.15) is 30.1 Å². The second-order valence-corrected chi connectivity index (χ2v) is 6.30. The maximum atomic E-state index is 12.0. The molecule has 0 aliphatic carbocycles. The van der Waals surface area contributed by atoms with E-state index in [1.165, 1.54) is 19.3 Å². The zero-order valence-corrected chi connectivity index (χ0v) is 14.0. The van der Waals surface area contributed by atoms with Gasteiger partial charge in [-0.15, -0.1) is 4.98 Å². The van der Waals surface area contributed by atoms with Crippen molar-refractivity contribution in [2.75, 3.05) is 18.1 Å². The van der Waals surface area contributed by atoms with Gasteiger partial charge < -0.3 is 14.2 Å².